The van der Waals surface area contributed by atoms with E-state index >= 15 is 0 Å². The van der Waals surface area contributed by atoms with Crippen LogP contribution < -0.4 is 4.74 Å². The van der Waals surface area contributed by atoms with Gasteiger partial charge in [0.25, 0.3) is 0 Å². The number of esters is 1. The number of halogens is 1. The Labute approximate surface area is 128 Å². The van der Waals surface area contributed by atoms with Gasteiger partial charge in [0.05, 0.1) is 0 Å². The van der Waals surface area contributed by atoms with E-state index in [9.17, 15) is 4.79 Å². The topological polar surface area (TPSA) is 35.5 Å². The van der Waals surface area contributed by atoms with Gasteiger partial charge in [-0.05, 0) is 62.8 Å². The van der Waals surface area contributed by atoms with Crippen LogP contribution in [0.15, 0.2) is 16.6 Å². The zero-order chi connectivity index (χ0) is 14.5. The lowest BCUT2D eigenvalue weighted by molar-refractivity contribution is -0.152. The standard InChI is InChI=1S/C16H21BrO3/c1-11-8-13(17)9-12(2)16(11)19-10-15(18)20-14-6-4-3-5-7-14/h8-9,14H,3-7,10H2,1-2H3. The summed E-state index contributed by atoms with van der Waals surface area (Å²) in [7, 11) is 0. The van der Waals surface area contributed by atoms with Gasteiger partial charge >= 0.3 is 5.97 Å². The second kappa shape index (κ2) is 7.11. The van der Waals surface area contributed by atoms with E-state index in [0.29, 0.717) is 0 Å². The average molecular weight is 341 g/mol. The number of hydrogen-bond acceptors (Lipinski definition) is 3. The van der Waals surface area contributed by atoms with Crippen molar-refractivity contribution in [2.24, 2.45) is 0 Å². The van der Waals surface area contributed by atoms with E-state index in [-0.39, 0.29) is 18.7 Å². The summed E-state index contributed by atoms with van der Waals surface area (Å²) >= 11 is 3.45. The normalized spacial score (nSPS) is 15.9. The van der Waals surface area contributed by atoms with Crippen LogP contribution in [0.3, 0.4) is 0 Å². The highest BCUT2D eigenvalue weighted by atomic mass is 79.9. The number of rotatable bonds is 4. The molecule has 2 rings (SSSR count). The second-order valence-electron chi connectivity index (χ2n) is 5.41. The van der Waals surface area contributed by atoms with Crippen LogP contribution in [0.4, 0.5) is 0 Å². The third kappa shape index (κ3) is 4.23. The van der Waals surface area contributed by atoms with Crippen LogP contribution in [-0.4, -0.2) is 18.7 Å². The molecule has 0 atom stereocenters. The van der Waals surface area contributed by atoms with Gasteiger partial charge in [-0.3, -0.25) is 0 Å². The molecule has 0 aliphatic heterocycles. The maximum Gasteiger partial charge on any atom is 0.344 e. The van der Waals surface area contributed by atoms with Gasteiger partial charge in [0.2, 0.25) is 0 Å². The highest BCUT2D eigenvalue weighted by molar-refractivity contribution is 9.10. The van der Waals surface area contributed by atoms with Gasteiger partial charge in [0, 0.05) is 4.47 Å². The van der Waals surface area contributed by atoms with E-state index in [4.69, 9.17) is 9.47 Å². The lowest BCUT2D eigenvalue weighted by Crippen LogP contribution is -2.24. The van der Waals surface area contributed by atoms with Gasteiger partial charge in [0.15, 0.2) is 6.61 Å². The predicted molar refractivity (Wildman–Crippen MR) is 82.1 cm³/mol. The van der Waals surface area contributed by atoms with Crippen LogP contribution >= 0.6 is 15.9 Å². The van der Waals surface area contributed by atoms with Gasteiger partial charge < -0.3 is 9.47 Å². The van der Waals surface area contributed by atoms with Crippen molar-refractivity contribution in [2.45, 2.75) is 52.1 Å². The maximum atomic E-state index is 11.8. The third-order valence-corrected chi connectivity index (χ3v) is 4.07. The summed E-state index contributed by atoms with van der Waals surface area (Å²) in [6.45, 7) is 3.93. The molecule has 0 amide bonds. The Balaban J connectivity index is 1.87. The minimum absolute atomic E-state index is 0.0141. The van der Waals surface area contributed by atoms with E-state index in [2.05, 4.69) is 15.9 Å². The predicted octanol–water partition coefficient (Wildman–Crippen LogP) is 4.32. The molecule has 0 saturated heterocycles. The maximum absolute atomic E-state index is 11.8. The van der Waals surface area contributed by atoms with Gasteiger partial charge in [0.1, 0.15) is 11.9 Å². The van der Waals surface area contributed by atoms with Crippen molar-refractivity contribution in [2.75, 3.05) is 6.61 Å². The Bertz CT molecular complexity index is 456. The molecule has 0 unspecified atom stereocenters. The van der Waals surface area contributed by atoms with Crippen LogP contribution in [-0.2, 0) is 9.53 Å². The molecule has 0 spiro atoms. The molecule has 1 aliphatic carbocycles. The SMILES string of the molecule is Cc1cc(Br)cc(C)c1OCC(=O)OC1CCCCC1. The highest BCUT2D eigenvalue weighted by Crippen LogP contribution is 2.27. The highest BCUT2D eigenvalue weighted by Gasteiger charge is 2.18. The number of ether oxygens (including phenoxy) is 2. The molecule has 0 aromatic heterocycles. The Hall–Kier alpha value is -1.03. The monoisotopic (exact) mass is 340 g/mol. The van der Waals surface area contributed by atoms with Crippen molar-refractivity contribution in [1.82, 2.24) is 0 Å². The summed E-state index contributed by atoms with van der Waals surface area (Å²) < 4.78 is 12.1. The van der Waals surface area contributed by atoms with Crippen molar-refractivity contribution in [3.8, 4) is 5.75 Å². The summed E-state index contributed by atoms with van der Waals surface area (Å²) in [5.74, 6) is 0.507. The largest absolute Gasteiger partial charge is 0.481 e. The molecule has 4 heteroatoms. The number of carbonyl (C=O) groups excluding carboxylic acids is 1. The molecule has 110 valence electrons. The molecule has 20 heavy (non-hydrogen) atoms. The van der Waals surface area contributed by atoms with Gasteiger partial charge in [-0.1, -0.05) is 22.4 Å². The molecule has 1 saturated carbocycles. The first-order valence-electron chi connectivity index (χ1n) is 7.15. The summed E-state index contributed by atoms with van der Waals surface area (Å²) in [5.41, 5.74) is 2.03. The average Bonchev–Trinajstić information content (AvgIpc) is 2.38. The molecule has 0 bridgehead atoms. The number of hydrogen-bond donors (Lipinski definition) is 0. The van der Waals surface area contributed by atoms with Crippen LogP contribution in [0.25, 0.3) is 0 Å². The minimum Gasteiger partial charge on any atom is -0.481 e. The fourth-order valence-corrected chi connectivity index (χ4v) is 3.35. The van der Waals surface area contributed by atoms with E-state index in [1.807, 2.05) is 26.0 Å². The lowest BCUT2D eigenvalue weighted by Gasteiger charge is -2.22. The first-order valence-corrected chi connectivity index (χ1v) is 7.94. The Morgan fingerprint density at radius 1 is 1.20 bits per heavy atom. The number of aryl methyl sites for hydroxylation is 2. The van der Waals surface area contributed by atoms with Crippen molar-refractivity contribution in [3.63, 3.8) is 0 Å². The van der Waals surface area contributed by atoms with Crippen LogP contribution in [0, 0.1) is 13.8 Å². The van der Waals surface area contributed by atoms with Crippen molar-refractivity contribution in [1.29, 1.82) is 0 Å². The third-order valence-electron chi connectivity index (χ3n) is 3.61. The molecule has 1 aromatic carbocycles. The molecule has 3 nitrogen and oxygen atoms in total. The molecular formula is C16H21BrO3. The zero-order valence-corrected chi connectivity index (χ0v) is 13.7. The minimum atomic E-state index is -0.265. The molecule has 1 fully saturated rings. The first-order chi connectivity index (χ1) is 9.56. The second-order valence-corrected chi connectivity index (χ2v) is 6.32. The Morgan fingerprint density at radius 2 is 1.80 bits per heavy atom. The summed E-state index contributed by atoms with van der Waals surface area (Å²) in [5, 5.41) is 0. The van der Waals surface area contributed by atoms with E-state index in [1.165, 1.54) is 6.42 Å². The van der Waals surface area contributed by atoms with E-state index < -0.39 is 0 Å². The van der Waals surface area contributed by atoms with Crippen LogP contribution in [0.1, 0.15) is 43.2 Å². The molecule has 0 heterocycles. The molecular weight excluding hydrogens is 320 g/mol. The van der Waals surface area contributed by atoms with Gasteiger partial charge in [-0.2, -0.15) is 0 Å². The van der Waals surface area contributed by atoms with Crippen molar-refractivity contribution in [3.05, 3.63) is 27.7 Å². The fraction of sp³-hybridized carbons (Fsp3) is 0.562. The number of carbonyl (C=O) groups is 1. The summed E-state index contributed by atoms with van der Waals surface area (Å²) in [6.07, 6.45) is 5.63. The van der Waals surface area contributed by atoms with Crippen LogP contribution in [0.2, 0.25) is 0 Å². The fourth-order valence-electron chi connectivity index (χ4n) is 2.66. The van der Waals surface area contributed by atoms with Gasteiger partial charge in [-0.15, -0.1) is 0 Å². The van der Waals surface area contributed by atoms with Gasteiger partial charge in [-0.25, -0.2) is 4.79 Å². The van der Waals surface area contributed by atoms with E-state index in [1.54, 1.807) is 0 Å². The molecule has 1 aromatic rings. The lowest BCUT2D eigenvalue weighted by atomic mass is 9.98. The Kier molecular flexibility index (Phi) is 5.46. The smallest absolute Gasteiger partial charge is 0.344 e. The molecule has 0 radical (unpaired) electrons. The summed E-state index contributed by atoms with van der Waals surface area (Å²) in [4.78, 5) is 11.8. The van der Waals surface area contributed by atoms with E-state index in [0.717, 1.165) is 47.0 Å². The number of benzene rings is 1. The quantitative estimate of drug-likeness (QED) is 0.765. The summed E-state index contributed by atoms with van der Waals surface area (Å²) in [6, 6.07) is 3.96. The zero-order valence-electron chi connectivity index (χ0n) is 12.1. The molecule has 0 N–H and O–H groups in total. The van der Waals surface area contributed by atoms with Crippen molar-refractivity contribution >= 4 is 21.9 Å². The molecule has 1 aliphatic rings. The van der Waals surface area contributed by atoms with Crippen LogP contribution in [0.5, 0.6) is 5.75 Å². The first kappa shape index (κ1) is 15.4. The Morgan fingerprint density at radius 3 is 2.40 bits per heavy atom. The van der Waals surface area contributed by atoms with Crippen molar-refractivity contribution < 1.29 is 14.3 Å².